The minimum absolute atomic E-state index is 0.156. The number of fused-ring (bicyclic) bond motifs is 1. The van der Waals surface area contributed by atoms with Gasteiger partial charge in [-0.1, -0.05) is 12.1 Å². The second-order valence-electron chi connectivity index (χ2n) is 3.40. The Morgan fingerprint density at radius 2 is 2.38 bits per heavy atom. The summed E-state index contributed by atoms with van der Waals surface area (Å²) in [6.07, 6.45) is 1.79. The van der Waals surface area contributed by atoms with Crippen molar-refractivity contribution in [3.8, 4) is 0 Å². The van der Waals surface area contributed by atoms with Crippen molar-refractivity contribution in [2.75, 3.05) is 11.9 Å². The van der Waals surface area contributed by atoms with Gasteiger partial charge in [-0.05, 0) is 31.0 Å². The van der Waals surface area contributed by atoms with Gasteiger partial charge in [-0.15, -0.1) is 0 Å². The quantitative estimate of drug-likeness (QED) is 0.724. The van der Waals surface area contributed by atoms with E-state index in [-0.39, 0.29) is 5.82 Å². The molecule has 1 aromatic carbocycles. The third-order valence-corrected chi connectivity index (χ3v) is 2.43. The van der Waals surface area contributed by atoms with Crippen molar-refractivity contribution < 1.29 is 4.39 Å². The first kappa shape index (κ1) is 8.51. The lowest BCUT2D eigenvalue weighted by molar-refractivity contribution is 0.628. The van der Waals surface area contributed by atoms with Gasteiger partial charge in [-0.25, -0.2) is 4.39 Å². The summed E-state index contributed by atoms with van der Waals surface area (Å²) >= 11 is 0. The van der Waals surface area contributed by atoms with Crippen LogP contribution in [0.3, 0.4) is 0 Å². The lowest BCUT2D eigenvalue weighted by Gasteiger charge is -2.08. The molecule has 1 unspecified atom stereocenters. The van der Waals surface area contributed by atoms with Crippen LogP contribution in [0.1, 0.15) is 12.0 Å². The Morgan fingerprint density at radius 3 is 3.08 bits per heavy atom. The maximum Gasteiger partial charge on any atom is 0.146 e. The molecule has 1 atom stereocenters. The molecule has 0 saturated carbocycles. The number of halogens is 1. The fourth-order valence-electron chi connectivity index (χ4n) is 1.80. The lowest BCUT2D eigenvalue weighted by atomic mass is 10.1. The van der Waals surface area contributed by atoms with Crippen LogP contribution in [-0.2, 0) is 6.42 Å². The van der Waals surface area contributed by atoms with Crippen molar-refractivity contribution >= 4 is 5.69 Å². The average Bonchev–Trinajstić information content (AvgIpc) is 2.49. The van der Waals surface area contributed by atoms with E-state index in [2.05, 4.69) is 5.32 Å². The highest BCUT2D eigenvalue weighted by molar-refractivity contribution is 5.57. The monoisotopic (exact) mass is 180 g/mol. The Morgan fingerprint density at radius 1 is 1.54 bits per heavy atom. The van der Waals surface area contributed by atoms with Gasteiger partial charge in [0, 0.05) is 6.04 Å². The fourth-order valence-corrected chi connectivity index (χ4v) is 1.80. The molecule has 0 spiro atoms. The Balaban J connectivity index is 2.20. The molecule has 3 N–H and O–H groups in total. The van der Waals surface area contributed by atoms with Crippen LogP contribution in [0.15, 0.2) is 18.2 Å². The summed E-state index contributed by atoms with van der Waals surface area (Å²) in [5.41, 5.74) is 7.18. The van der Waals surface area contributed by atoms with E-state index < -0.39 is 0 Å². The number of benzene rings is 1. The molecule has 0 aliphatic carbocycles. The predicted molar refractivity (Wildman–Crippen MR) is 51.2 cm³/mol. The minimum Gasteiger partial charge on any atom is -0.379 e. The Kier molecular flexibility index (Phi) is 2.19. The van der Waals surface area contributed by atoms with Crippen LogP contribution in [0.5, 0.6) is 0 Å². The zero-order chi connectivity index (χ0) is 9.26. The van der Waals surface area contributed by atoms with Gasteiger partial charge in [0.1, 0.15) is 5.82 Å². The molecule has 1 aliphatic rings. The summed E-state index contributed by atoms with van der Waals surface area (Å²) in [6.45, 7) is 0.646. The van der Waals surface area contributed by atoms with Crippen LogP contribution >= 0.6 is 0 Å². The molecule has 13 heavy (non-hydrogen) atoms. The standard InChI is InChI=1S/C10H13FN2/c11-9-3-1-2-7-6-8(4-5-12)13-10(7)9/h1-3,8,13H,4-6,12H2. The maximum absolute atomic E-state index is 13.2. The summed E-state index contributed by atoms with van der Waals surface area (Å²) in [5.74, 6) is -0.156. The second kappa shape index (κ2) is 3.34. The molecule has 0 bridgehead atoms. The molecule has 0 aromatic heterocycles. The molecular formula is C10H13FN2. The third-order valence-electron chi connectivity index (χ3n) is 2.43. The molecule has 0 fully saturated rings. The van der Waals surface area contributed by atoms with Crippen molar-refractivity contribution in [3.05, 3.63) is 29.6 Å². The van der Waals surface area contributed by atoms with Gasteiger partial charge < -0.3 is 11.1 Å². The number of nitrogens with two attached hydrogens (primary N) is 1. The van der Waals surface area contributed by atoms with E-state index in [4.69, 9.17) is 5.73 Å². The van der Waals surface area contributed by atoms with E-state index in [1.54, 1.807) is 6.07 Å². The van der Waals surface area contributed by atoms with Gasteiger partial charge in [-0.3, -0.25) is 0 Å². The highest BCUT2D eigenvalue weighted by Crippen LogP contribution is 2.29. The summed E-state index contributed by atoms with van der Waals surface area (Å²) in [6, 6.07) is 5.51. The zero-order valence-corrected chi connectivity index (χ0v) is 7.39. The first-order valence-corrected chi connectivity index (χ1v) is 4.55. The molecule has 0 amide bonds. The smallest absolute Gasteiger partial charge is 0.146 e. The molecule has 0 radical (unpaired) electrons. The SMILES string of the molecule is NCCC1Cc2cccc(F)c2N1. The van der Waals surface area contributed by atoms with Crippen LogP contribution in [0.25, 0.3) is 0 Å². The van der Waals surface area contributed by atoms with Crippen molar-refractivity contribution in [1.29, 1.82) is 0 Å². The van der Waals surface area contributed by atoms with E-state index in [0.717, 1.165) is 18.4 Å². The number of nitrogens with one attached hydrogen (secondary N) is 1. The van der Waals surface area contributed by atoms with Gasteiger partial charge in [0.2, 0.25) is 0 Å². The van der Waals surface area contributed by atoms with E-state index in [9.17, 15) is 4.39 Å². The Labute approximate surface area is 76.9 Å². The largest absolute Gasteiger partial charge is 0.379 e. The normalized spacial score (nSPS) is 19.7. The van der Waals surface area contributed by atoms with Crippen molar-refractivity contribution in [2.24, 2.45) is 5.73 Å². The van der Waals surface area contributed by atoms with E-state index in [0.29, 0.717) is 18.3 Å². The minimum atomic E-state index is -0.156. The van der Waals surface area contributed by atoms with Crippen LogP contribution in [0.2, 0.25) is 0 Å². The number of rotatable bonds is 2. The van der Waals surface area contributed by atoms with Gasteiger partial charge in [0.15, 0.2) is 0 Å². The topological polar surface area (TPSA) is 38.0 Å². The first-order valence-electron chi connectivity index (χ1n) is 4.55. The predicted octanol–water partition coefficient (Wildman–Crippen LogP) is 1.51. The first-order chi connectivity index (χ1) is 6.31. The van der Waals surface area contributed by atoms with E-state index >= 15 is 0 Å². The molecule has 70 valence electrons. The van der Waals surface area contributed by atoms with E-state index in [1.165, 1.54) is 6.07 Å². The molecule has 2 nitrogen and oxygen atoms in total. The summed E-state index contributed by atoms with van der Waals surface area (Å²) in [7, 11) is 0. The van der Waals surface area contributed by atoms with Crippen LogP contribution in [0, 0.1) is 5.82 Å². The number of anilines is 1. The Hall–Kier alpha value is -1.09. The molecule has 1 heterocycles. The highest BCUT2D eigenvalue weighted by Gasteiger charge is 2.21. The van der Waals surface area contributed by atoms with Gasteiger partial charge in [0.25, 0.3) is 0 Å². The van der Waals surface area contributed by atoms with E-state index in [1.807, 2.05) is 6.07 Å². The maximum atomic E-state index is 13.2. The van der Waals surface area contributed by atoms with Crippen LogP contribution in [0.4, 0.5) is 10.1 Å². The van der Waals surface area contributed by atoms with Gasteiger partial charge >= 0.3 is 0 Å². The van der Waals surface area contributed by atoms with Crippen molar-refractivity contribution in [1.82, 2.24) is 0 Å². The van der Waals surface area contributed by atoms with Crippen molar-refractivity contribution in [3.63, 3.8) is 0 Å². The molecule has 1 aromatic rings. The molecule has 1 aliphatic heterocycles. The number of hydrogen-bond acceptors (Lipinski definition) is 2. The zero-order valence-electron chi connectivity index (χ0n) is 7.39. The average molecular weight is 180 g/mol. The van der Waals surface area contributed by atoms with Crippen molar-refractivity contribution in [2.45, 2.75) is 18.9 Å². The third kappa shape index (κ3) is 1.52. The summed E-state index contributed by atoms with van der Waals surface area (Å²) in [4.78, 5) is 0. The van der Waals surface area contributed by atoms with Gasteiger partial charge in [-0.2, -0.15) is 0 Å². The lowest BCUT2D eigenvalue weighted by Crippen LogP contribution is -2.19. The van der Waals surface area contributed by atoms with Gasteiger partial charge in [0.05, 0.1) is 5.69 Å². The molecular weight excluding hydrogens is 167 g/mol. The Bertz CT molecular complexity index is 312. The second-order valence-corrected chi connectivity index (χ2v) is 3.40. The summed E-state index contributed by atoms with van der Waals surface area (Å²) in [5, 5.41) is 3.15. The number of para-hydroxylation sites is 1. The molecule has 2 rings (SSSR count). The number of hydrogen-bond donors (Lipinski definition) is 2. The van der Waals surface area contributed by atoms with Crippen LogP contribution < -0.4 is 11.1 Å². The molecule has 0 saturated heterocycles. The molecule has 3 heteroatoms. The van der Waals surface area contributed by atoms with Crippen LogP contribution in [-0.4, -0.2) is 12.6 Å². The summed E-state index contributed by atoms with van der Waals surface area (Å²) < 4.78 is 13.2. The fraction of sp³-hybridized carbons (Fsp3) is 0.400. The highest BCUT2D eigenvalue weighted by atomic mass is 19.1.